The molecule has 0 aliphatic rings. The Morgan fingerprint density at radius 2 is 2.39 bits per heavy atom. The van der Waals surface area contributed by atoms with Crippen molar-refractivity contribution in [1.29, 1.82) is 0 Å². The zero-order chi connectivity index (χ0) is 13.0. The van der Waals surface area contributed by atoms with Gasteiger partial charge in [0.15, 0.2) is 5.76 Å². The lowest BCUT2D eigenvalue weighted by molar-refractivity contribution is -0.136. The maximum Gasteiger partial charge on any atom is 0.304 e. The third kappa shape index (κ3) is 3.36. The van der Waals surface area contributed by atoms with Crippen LogP contribution in [0.4, 0.5) is 0 Å². The van der Waals surface area contributed by atoms with Gasteiger partial charge in [-0.3, -0.25) is 4.79 Å². The van der Waals surface area contributed by atoms with E-state index in [0.29, 0.717) is 23.3 Å². The number of carbonyl (C=O) groups is 1. The van der Waals surface area contributed by atoms with Crippen LogP contribution in [0.15, 0.2) is 27.2 Å². The molecule has 0 amide bonds. The Labute approximate surface area is 107 Å². The molecule has 6 nitrogen and oxygen atoms in total. The van der Waals surface area contributed by atoms with E-state index in [2.05, 4.69) is 10.2 Å². The van der Waals surface area contributed by atoms with Gasteiger partial charge in [-0.1, -0.05) is 6.92 Å². The fourth-order valence-corrected chi connectivity index (χ4v) is 2.13. The van der Waals surface area contributed by atoms with Gasteiger partial charge in [-0.05, 0) is 12.1 Å². The topological polar surface area (TPSA) is 89.4 Å². The molecule has 7 heteroatoms. The molecule has 0 aromatic carbocycles. The molecule has 96 valence electrons. The maximum absolute atomic E-state index is 10.5. The van der Waals surface area contributed by atoms with Gasteiger partial charge in [0.05, 0.1) is 18.4 Å². The van der Waals surface area contributed by atoms with Gasteiger partial charge in [0.2, 0.25) is 5.89 Å². The summed E-state index contributed by atoms with van der Waals surface area (Å²) in [4.78, 5) is 10.5. The van der Waals surface area contributed by atoms with Crippen LogP contribution in [0.5, 0.6) is 0 Å². The molecule has 2 aromatic rings. The maximum atomic E-state index is 10.5. The van der Waals surface area contributed by atoms with E-state index in [-0.39, 0.29) is 11.7 Å². The Bertz CT molecular complexity index is 509. The first-order chi connectivity index (χ1) is 8.65. The lowest BCUT2D eigenvalue weighted by Crippen LogP contribution is -2.05. The molecule has 0 fully saturated rings. The quantitative estimate of drug-likeness (QED) is 0.860. The number of thioether (sulfide) groups is 1. The summed E-state index contributed by atoms with van der Waals surface area (Å²) in [5, 5.41) is 16.4. The zero-order valence-corrected chi connectivity index (χ0v) is 10.5. The van der Waals surface area contributed by atoms with E-state index in [1.165, 1.54) is 18.0 Å². The molecular formula is C11H12N2O4S. The van der Waals surface area contributed by atoms with Gasteiger partial charge in [-0.2, -0.15) is 0 Å². The minimum atomic E-state index is -0.809. The molecule has 2 rings (SSSR count). The van der Waals surface area contributed by atoms with Gasteiger partial charge in [-0.25, -0.2) is 0 Å². The molecule has 1 unspecified atom stereocenters. The highest BCUT2D eigenvalue weighted by Crippen LogP contribution is 2.22. The molecule has 0 radical (unpaired) electrons. The van der Waals surface area contributed by atoms with Crippen LogP contribution in [0.25, 0.3) is 11.7 Å². The number of hydrogen-bond acceptors (Lipinski definition) is 6. The Balaban J connectivity index is 1.89. The van der Waals surface area contributed by atoms with E-state index in [1.807, 2.05) is 6.92 Å². The Morgan fingerprint density at radius 3 is 3.06 bits per heavy atom. The second-order valence-electron chi connectivity index (χ2n) is 3.70. The Morgan fingerprint density at radius 1 is 1.56 bits per heavy atom. The number of furan rings is 1. The second kappa shape index (κ2) is 5.72. The third-order valence-corrected chi connectivity index (χ3v) is 3.30. The summed E-state index contributed by atoms with van der Waals surface area (Å²) in [5.41, 5.74) is 0. The molecule has 0 spiro atoms. The van der Waals surface area contributed by atoms with Crippen molar-refractivity contribution < 1.29 is 18.7 Å². The summed E-state index contributed by atoms with van der Waals surface area (Å²) in [5.74, 6) is 1.00. The molecule has 0 aliphatic heterocycles. The molecule has 0 bridgehead atoms. The van der Waals surface area contributed by atoms with E-state index >= 15 is 0 Å². The van der Waals surface area contributed by atoms with E-state index in [9.17, 15) is 4.79 Å². The van der Waals surface area contributed by atoms with Crippen LogP contribution in [0.3, 0.4) is 0 Å². The van der Waals surface area contributed by atoms with Gasteiger partial charge in [0, 0.05) is 5.25 Å². The lowest BCUT2D eigenvalue weighted by Gasteiger charge is -2.05. The molecular weight excluding hydrogens is 256 g/mol. The van der Waals surface area contributed by atoms with Crippen LogP contribution in [0, 0.1) is 0 Å². The second-order valence-corrected chi connectivity index (χ2v) is 5.12. The molecule has 18 heavy (non-hydrogen) atoms. The largest absolute Gasteiger partial charge is 0.481 e. The van der Waals surface area contributed by atoms with Gasteiger partial charge < -0.3 is 13.9 Å². The Hall–Kier alpha value is -1.76. The van der Waals surface area contributed by atoms with Crippen LogP contribution in [-0.2, 0) is 10.5 Å². The van der Waals surface area contributed by atoms with E-state index in [0.717, 1.165) is 0 Å². The molecule has 1 atom stereocenters. The SMILES string of the molecule is CC(CC(=O)O)SCc1nnc(-c2ccco2)o1. The number of carboxylic acids is 1. The number of nitrogens with zero attached hydrogens (tertiary/aromatic N) is 2. The van der Waals surface area contributed by atoms with Crippen molar-refractivity contribution >= 4 is 17.7 Å². The number of carboxylic acid groups (broad SMARTS) is 1. The third-order valence-electron chi connectivity index (χ3n) is 2.15. The average molecular weight is 268 g/mol. The van der Waals surface area contributed by atoms with E-state index < -0.39 is 5.97 Å². The highest BCUT2D eigenvalue weighted by molar-refractivity contribution is 7.99. The fraction of sp³-hybridized carbons (Fsp3) is 0.364. The van der Waals surface area contributed by atoms with E-state index in [4.69, 9.17) is 13.9 Å². The van der Waals surface area contributed by atoms with Crippen molar-refractivity contribution in [2.24, 2.45) is 0 Å². The van der Waals surface area contributed by atoms with Crippen molar-refractivity contribution in [3.05, 3.63) is 24.3 Å². The van der Waals surface area contributed by atoms with Gasteiger partial charge in [0.1, 0.15) is 0 Å². The average Bonchev–Trinajstić information content (AvgIpc) is 2.96. The van der Waals surface area contributed by atoms with Gasteiger partial charge in [-0.15, -0.1) is 22.0 Å². The number of rotatable bonds is 6. The van der Waals surface area contributed by atoms with Crippen molar-refractivity contribution in [2.75, 3.05) is 0 Å². The van der Waals surface area contributed by atoms with Crippen LogP contribution >= 0.6 is 11.8 Å². The molecule has 1 N–H and O–H groups in total. The molecule has 0 saturated carbocycles. The van der Waals surface area contributed by atoms with Crippen molar-refractivity contribution in [1.82, 2.24) is 10.2 Å². The number of aliphatic carboxylic acids is 1. The van der Waals surface area contributed by atoms with Gasteiger partial charge in [0.25, 0.3) is 5.89 Å². The molecule has 0 aliphatic carbocycles. The predicted octanol–water partition coefficient (Wildman–Crippen LogP) is 2.43. The van der Waals surface area contributed by atoms with Crippen LogP contribution in [-0.4, -0.2) is 26.5 Å². The summed E-state index contributed by atoms with van der Waals surface area (Å²) in [6.45, 7) is 1.85. The van der Waals surface area contributed by atoms with Gasteiger partial charge >= 0.3 is 5.97 Å². The Kier molecular flexibility index (Phi) is 4.03. The highest BCUT2D eigenvalue weighted by atomic mass is 32.2. The smallest absolute Gasteiger partial charge is 0.304 e. The first-order valence-electron chi connectivity index (χ1n) is 5.35. The highest BCUT2D eigenvalue weighted by Gasteiger charge is 2.13. The summed E-state index contributed by atoms with van der Waals surface area (Å²) < 4.78 is 10.5. The summed E-state index contributed by atoms with van der Waals surface area (Å²) >= 11 is 1.46. The summed E-state index contributed by atoms with van der Waals surface area (Å²) in [7, 11) is 0. The van der Waals surface area contributed by atoms with Crippen LogP contribution in [0.1, 0.15) is 19.2 Å². The van der Waals surface area contributed by atoms with Crippen LogP contribution in [0.2, 0.25) is 0 Å². The van der Waals surface area contributed by atoms with E-state index in [1.54, 1.807) is 12.1 Å². The summed E-state index contributed by atoms with van der Waals surface area (Å²) in [6.07, 6.45) is 1.65. The monoisotopic (exact) mass is 268 g/mol. The van der Waals surface area contributed by atoms with Crippen LogP contribution < -0.4 is 0 Å². The molecule has 0 saturated heterocycles. The molecule has 2 aromatic heterocycles. The zero-order valence-electron chi connectivity index (χ0n) is 9.70. The minimum Gasteiger partial charge on any atom is -0.481 e. The predicted molar refractivity (Wildman–Crippen MR) is 65.0 cm³/mol. The fourth-order valence-electron chi connectivity index (χ4n) is 1.33. The number of aromatic nitrogens is 2. The summed E-state index contributed by atoms with van der Waals surface area (Å²) in [6, 6.07) is 3.47. The van der Waals surface area contributed by atoms with Crippen molar-refractivity contribution in [3.63, 3.8) is 0 Å². The minimum absolute atomic E-state index is 0.00135. The van der Waals surface area contributed by atoms with Crippen molar-refractivity contribution in [2.45, 2.75) is 24.3 Å². The first kappa shape index (κ1) is 12.7. The van der Waals surface area contributed by atoms with Crippen molar-refractivity contribution in [3.8, 4) is 11.7 Å². The first-order valence-corrected chi connectivity index (χ1v) is 6.39. The molecule has 2 heterocycles. The standard InChI is InChI=1S/C11H12N2O4S/c1-7(5-10(14)15)18-6-9-12-13-11(17-9)8-3-2-4-16-8/h2-4,7H,5-6H2,1H3,(H,14,15). The normalized spacial score (nSPS) is 12.5. The lowest BCUT2D eigenvalue weighted by atomic mass is 10.3. The number of hydrogen-bond donors (Lipinski definition) is 1.